The van der Waals surface area contributed by atoms with Gasteiger partial charge in [-0.2, -0.15) is 5.10 Å². The topological polar surface area (TPSA) is 70.3 Å². The van der Waals surface area contributed by atoms with Gasteiger partial charge in [0, 0.05) is 35.8 Å². The van der Waals surface area contributed by atoms with E-state index >= 15 is 0 Å². The average molecular weight is 463 g/mol. The maximum absolute atomic E-state index is 13.8. The quantitative estimate of drug-likeness (QED) is 0.402. The summed E-state index contributed by atoms with van der Waals surface area (Å²) in [6.07, 6.45) is 0.895. The minimum atomic E-state index is -0.326. The molecule has 4 aromatic rings. The molecule has 7 nitrogen and oxygen atoms in total. The number of ether oxygens (including phenoxy) is 2. The molecule has 1 aliphatic rings. The van der Waals surface area contributed by atoms with E-state index in [4.69, 9.17) is 9.47 Å². The smallest absolute Gasteiger partial charge is 0.255 e. The van der Waals surface area contributed by atoms with Gasteiger partial charge in [-0.15, -0.1) is 0 Å². The summed E-state index contributed by atoms with van der Waals surface area (Å²) in [4.78, 5) is 13.4. The van der Waals surface area contributed by atoms with Crippen LogP contribution in [0.25, 0.3) is 10.9 Å². The first-order valence-electron chi connectivity index (χ1n) is 11.4. The Hall–Kier alpha value is -3.65. The molecule has 1 aliphatic heterocycles. The van der Waals surface area contributed by atoms with Gasteiger partial charge in [0.05, 0.1) is 17.8 Å². The van der Waals surface area contributed by atoms with E-state index in [1.54, 1.807) is 10.6 Å². The molecular formula is C26H27FN4O3. The van der Waals surface area contributed by atoms with E-state index in [2.05, 4.69) is 23.4 Å². The Kier molecular flexibility index (Phi) is 6.06. The van der Waals surface area contributed by atoms with Crippen molar-refractivity contribution in [2.45, 2.75) is 39.9 Å². The van der Waals surface area contributed by atoms with Gasteiger partial charge in [-0.25, -0.2) is 4.39 Å². The number of hydrogen-bond donors (Lipinski definition) is 1. The third-order valence-corrected chi connectivity index (χ3v) is 6.03. The highest BCUT2D eigenvalue weighted by molar-refractivity contribution is 5.84. The molecule has 0 saturated carbocycles. The van der Waals surface area contributed by atoms with Crippen molar-refractivity contribution in [1.29, 1.82) is 0 Å². The minimum Gasteiger partial charge on any atom is -0.454 e. The molecular weight excluding hydrogens is 435 g/mol. The molecule has 0 fully saturated rings. The van der Waals surface area contributed by atoms with Crippen LogP contribution in [-0.2, 0) is 19.6 Å². The summed E-state index contributed by atoms with van der Waals surface area (Å²) in [5.74, 6) is 0.940. The number of nitrogens with zero attached hydrogens (tertiary/aromatic N) is 3. The number of aryl methyl sites for hydroxylation is 3. The van der Waals surface area contributed by atoms with Crippen molar-refractivity contribution in [1.82, 2.24) is 19.7 Å². The van der Waals surface area contributed by atoms with Crippen LogP contribution >= 0.6 is 0 Å². The predicted molar refractivity (Wildman–Crippen MR) is 128 cm³/mol. The zero-order chi connectivity index (χ0) is 23.7. The van der Waals surface area contributed by atoms with Crippen molar-refractivity contribution < 1.29 is 13.9 Å². The van der Waals surface area contributed by atoms with Gasteiger partial charge < -0.3 is 19.4 Å². The standard InChI is InChI=1S/C26H27FN4O3/c1-17-9-18(2)31(29-17)8-4-7-28-14-21-11-20-12-24-25(34-16-33-24)13-23(20)30(26(21)32)15-19-5-3-6-22(27)10-19/h3,5-6,9-13,28H,4,7-8,14-16H2,1-2H3. The third-order valence-electron chi connectivity index (χ3n) is 6.03. The lowest BCUT2D eigenvalue weighted by atomic mass is 10.1. The summed E-state index contributed by atoms with van der Waals surface area (Å²) >= 11 is 0. The molecule has 0 saturated heterocycles. The van der Waals surface area contributed by atoms with Gasteiger partial charge in [0.1, 0.15) is 5.82 Å². The molecule has 3 heterocycles. The van der Waals surface area contributed by atoms with Crippen molar-refractivity contribution in [3.05, 3.63) is 87.2 Å². The summed E-state index contributed by atoms with van der Waals surface area (Å²) in [5.41, 5.74) is 4.14. The Morgan fingerprint density at radius 1 is 1.09 bits per heavy atom. The van der Waals surface area contributed by atoms with Crippen LogP contribution in [0.15, 0.2) is 53.3 Å². The molecule has 2 aromatic carbocycles. The predicted octanol–water partition coefficient (Wildman–Crippen LogP) is 3.91. The fourth-order valence-electron chi connectivity index (χ4n) is 4.41. The molecule has 34 heavy (non-hydrogen) atoms. The van der Waals surface area contributed by atoms with Crippen LogP contribution in [0.3, 0.4) is 0 Å². The van der Waals surface area contributed by atoms with E-state index < -0.39 is 0 Å². The Morgan fingerprint density at radius 3 is 2.68 bits per heavy atom. The molecule has 0 unspecified atom stereocenters. The van der Waals surface area contributed by atoms with Crippen LogP contribution < -0.4 is 20.3 Å². The van der Waals surface area contributed by atoms with Crippen molar-refractivity contribution in [2.24, 2.45) is 0 Å². The molecule has 2 aromatic heterocycles. The Bertz CT molecular complexity index is 1410. The molecule has 0 radical (unpaired) electrons. The van der Waals surface area contributed by atoms with E-state index in [1.807, 2.05) is 35.9 Å². The van der Waals surface area contributed by atoms with Gasteiger partial charge in [-0.3, -0.25) is 9.48 Å². The lowest BCUT2D eigenvalue weighted by Crippen LogP contribution is -2.28. The van der Waals surface area contributed by atoms with Crippen molar-refractivity contribution in [2.75, 3.05) is 13.3 Å². The molecule has 8 heteroatoms. The monoisotopic (exact) mass is 462 g/mol. The molecule has 1 N–H and O–H groups in total. The minimum absolute atomic E-state index is 0.110. The molecule has 0 aliphatic carbocycles. The average Bonchev–Trinajstić information content (AvgIpc) is 3.39. The number of rotatable bonds is 8. The van der Waals surface area contributed by atoms with Gasteiger partial charge in [0.15, 0.2) is 11.5 Å². The van der Waals surface area contributed by atoms with Gasteiger partial charge in [0.2, 0.25) is 6.79 Å². The Morgan fingerprint density at radius 2 is 1.91 bits per heavy atom. The van der Waals surface area contributed by atoms with E-state index in [9.17, 15) is 9.18 Å². The summed E-state index contributed by atoms with van der Waals surface area (Å²) in [6.45, 7) is 6.46. The van der Waals surface area contributed by atoms with Crippen LogP contribution in [0.1, 0.15) is 28.9 Å². The number of halogens is 1. The van der Waals surface area contributed by atoms with Gasteiger partial charge >= 0.3 is 0 Å². The second kappa shape index (κ2) is 9.30. The number of hydrogen-bond acceptors (Lipinski definition) is 5. The normalized spacial score (nSPS) is 12.6. The Labute approximate surface area is 196 Å². The maximum Gasteiger partial charge on any atom is 0.255 e. The lowest BCUT2D eigenvalue weighted by Gasteiger charge is -2.15. The summed E-state index contributed by atoms with van der Waals surface area (Å²) < 4.78 is 28.5. The molecule has 5 rings (SSSR count). The fourth-order valence-corrected chi connectivity index (χ4v) is 4.41. The highest BCUT2D eigenvalue weighted by Crippen LogP contribution is 2.36. The van der Waals surface area contributed by atoms with E-state index in [0.717, 1.165) is 47.4 Å². The second-order valence-corrected chi connectivity index (χ2v) is 8.64. The first kappa shape index (κ1) is 22.2. The highest BCUT2D eigenvalue weighted by atomic mass is 19.1. The van der Waals surface area contributed by atoms with Crippen LogP contribution in [0, 0.1) is 19.7 Å². The molecule has 0 spiro atoms. The third kappa shape index (κ3) is 4.54. The zero-order valence-electron chi connectivity index (χ0n) is 19.3. The second-order valence-electron chi connectivity index (χ2n) is 8.64. The van der Waals surface area contributed by atoms with Crippen LogP contribution in [-0.4, -0.2) is 27.7 Å². The summed E-state index contributed by atoms with van der Waals surface area (Å²) in [5, 5.41) is 8.75. The molecule has 0 atom stereocenters. The molecule has 0 amide bonds. The van der Waals surface area contributed by atoms with E-state index in [1.165, 1.54) is 12.1 Å². The number of fused-ring (bicyclic) bond motifs is 2. The number of benzene rings is 2. The first-order valence-corrected chi connectivity index (χ1v) is 11.4. The fraction of sp³-hybridized carbons (Fsp3) is 0.308. The maximum atomic E-state index is 13.8. The van der Waals surface area contributed by atoms with Crippen LogP contribution in [0.4, 0.5) is 4.39 Å². The van der Waals surface area contributed by atoms with Crippen molar-refractivity contribution in [3.63, 3.8) is 0 Å². The van der Waals surface area contributed by atoms with Crippen LogP contribution in [0.5, 0.6) is 11.5 Å². The van der Waals surface area contributed by atoms with Gasteiger partial charge in [-0.1, -0.05) is 12.1 Å². The van der Waals surface area contributed by atoms with Crippen molar-refractivity contribution >= 4 is 10.9 Å². The van der Waals surface area contributed by atoms with Gasteiger partial charge in [-0.05, 0) is 62.7 Å². The first-order chi connectivity index (χ1) is 16.5. The molecule has 176 valence electrons. The molecule has 0 bridgehead atoms. The van der Waals surface area contributed by atoms with E-state index in [-0.39, 0.29) is 24.7 Å². The number of aromatic nitrogens is 3. The Balaban J connectivity index is 1.39. The SMILES string of the molecule is Cc1cc(C)n(CCCNCc2cc3cc4c(cc3n(Cc3cccc(F)c3)c2=O)OCO4)n1. The number of pyridine rings is 1. The van der Waals surface area contributed by atoms with E-state index in [0.29, 0.717) is 23.6 Å². The highest BCUT2D eigenvalue weighted by Gasteiger charge is 2.18. The van der Waals surface area contributed by atoms with Crippen LogP contribution in [0.2, 0.25) is 0 Å². The zero-order valence-corrected chi connectivity index (χ0v) is 19.3. The summed E-state index contributed by atoms with van der Waals surface area (Å²) in [7, 11) is 0. The van der Waals surface area contributed by atoms with Gasteiger partial charge in [0.25, 0.3) is 5.56 Å². The van der Waals surface area contributed by atoms with Crippen molar-refractivity contribution in [3.8, 4) is 11.5 Å². The number of nitrogens with one attached hydrogen (secondary N) is 1. The lowest BCUT2D eigenvalue weighted by molar-refractivity contribution is 0.174. The summed E-state index contributed by atoms with van der Waals surface area (Å²) in [6, 6.07) is 14.0. The largest absolute Gasteiger partial charge is 0.454 e.